The smallest absolute Gasteiger partial charge is 0.191 e. The molecular formula is C18H36N4O4. The van der Waals surface area contributed by atoms with Crippen LogP contribution in [0.15, 0.2) is 4.99 Å². The summed E-state index contributed by atoms with van der Waals surface area (Å²) in [5.74, 6) is 0.706. The molecule has 0 radical (unpaired) electrons. The molecule has 2 rings (SSSR count). The minimum absolute atomic E-state index is 0.217. The van der Waals surface area contributed by atoms with Gasteiger partial charge in [0.25, 0.3) is 0 Å². The van der Waals surface area contributed by atoms with E-state index >= 15 is 0 Å². The molecular weight excluding hydrogens is 336 g/mol. The number of hydrogen-bond acceptors (Lipinski definition) is 6. The summed E-state index contributed by atoms with van der Waals surface area (Å²) in [6.45, 7) is 10.8. The molecule has 2 aliphatic heterocycles. The molecule has 0 aromatic carbocycles. The first-order valence-electron chi connectivity index (χ1n) is 9.66. The highest BCUT2D eigenvalue weighted by Crippen LogP contribution is 2.23. The fraction of sp³-hybridized carbons (Fsp3) is 0.944. The average molecular weight is 373 g/mol. The Morgan fingerprint density at radius 3 is 2.46 bits per heavy atom. The second-order valence-electron chi connectivity index (χ2n) is 7.43. The summed E-state index contributed by atoms with van der Waals surface area (Å²) >= 11 is 0. The number of morpholine rings is 1. The van der Waals surface area contributed by atoms with Crippen molar-refractivity contribution in [1.82, 2.24) is 15.5 Å². The number of aliphatic imine (C=N–C) groups is 1. The Hall–Kier alpha value is -0.930. The van der Waals surface area contributed by atoms with Crippen molar-refractivity contribution in [2.75, 3.05) is 72.8 Å². The Morgan fingerprint density at radius 2 is 1.85 bits per heavy atom. The molecule has 0 aromatic rings. The van der Waals surface area contributed by atoms with E-state index in [-0.39, 0.29) is 5.60 Å². The summed E-state index contributed by atoms with van der Waals surface area (Å²) < 4.78 is 16.6. The van der Waals surface area contributed by atoms with Crippen LogP contribution in [0, 0.1) is 0 Å². The minimum Gasteiger partial charge on any atom is -0.387 e. The van der Waals surface area contributed by atoms with Crippen molar-refractivity contribution in [2.24, 2.45) is 4.99 Å². The Kier molecular flexibility index (Phi) is 8.56. The number of guanidine groups is 1. The summed E-state index contributed by atoms with van der Waals surface area (Å²) in [5, 5.41) is 17.3. The van der Waals surface area contributed by atoms with E-state index in [9.17, 15) is 5.11 Å². The van der Waals surface area contributed by atoms with Gasteiger partial charge in [0.2, 0.25) is 0 Å². The van der Waals surface area contributed by atoms with E-state index in [0.29, 0.717) is 25.6 Å². The molecule has 2 heterocycles. The van der Waals surface area contributed by atoms with Gasteiger partial charge < -0.3 is 30.0 Å². The summed E-state index contributed by atoms with van der Waals surface area (Å²) in [7, 11) is 1.75. The first-order valence-corrected chi connectivity index (χ1v) is 9.66. The van der Waals surface area contributed by atoms with Crippen LogP contribution in [-0.2, 0) is 14.2 Å². The molecule has 2 fully saturated rings. The van der Waals surface area contributed by atoms with Gasteiger partial charge in [-0.2, -0.15) is 0 Å². The van der Waals surface area contributed by atoms with Crippen LogP contribution in [0.4, 0.5) is 0 Å². The Morgan fingerprint density at radius 1 is 1.19 bits per heavy atom. The number of β-amino-alcohol motifs (C(OH)–C–C–N with tert-alkyl or cyclic N) is 1. The number of ether oxygens (including phenoxy) is 3. The first-order chi connectivity index (χ1) is 12.5. The highest BCUT2D eigenvalue weighted by atomic mass is 16.5. The maximum absolute atomic E-state index is 10.7. The fourth-order valence-corrected chi connectivity index (χ4v) is 3.32. The highest BCUT2D eigenvalue weighted by Gasteiger charge is 2.32. The van der Waals surface area contributed by atoms with Crippen molar-refractivity contribution < 1.29 is 19.3 Å². The van der Waals surface area contributed by atoms with Gasteiger partial charge in [0, 0.05) is 65.9 Å². The number of hydrogen-bond donors (Lipinski definition) is 3. The van der Waals surface area contributed by atoms with Crippen molar-refractivity contribution in [2.45, 2.75) is 37.9 Å². The molecule has 2 aliphatic rings. The molecule has 2 saturated heterocycles. The largest absolute Gasteiger partial charge is 0.387 e. The van der Waals surface area contributed by atoms with Crippen LogP contribution in [0.2, 0.25) is 0 Å². The summed E-state index contributed by atoms with van der Waals surface area (Å²) in [5.41, 5.74) is -1.10. The van der Waals surface area contributed by atoms with Gasteiger partial charge in [-0.1, -0.05) is 0 Å². The molecule has 8 nitrogen and oxygen atoms in total. The van der Waals surface area contributed by atoms with Crippen molar-refractivity contribution in [3.63, 3.8) is 0 Å². The Bertz CT molecular complexity index is 433. The lowest BCUT2D eigenvalue weighted by Gasteiger charge is -2.36. The Labute approximate surface area is 157 Å². The highest BCUT2D eigenvalue weighted by molar-refractivity contribution is 5.79. The normalized spacial score (nSPS) is 24.1. The number of methoxy groups -OCH3 is 1. The predicted molar refractivity (Wildman–Crippen MR) is 102 cm³/mol. The van der Waals surface area contributed by atoms with Gasteiger partial charge in [-0.3, -0.25) is 9.89 Å². The van der Waals surface area contributed by atoms with Crippen molar-refractivity contribution in [3.8, 4) is 0 Å². The van der Waals surface area contributed by atoms with Crippen molar-refractivity contribution >= 4 is 5.96 Å². The van der Waals surface area contributed by atoms with Crippen molar-refractivity contribution in [3.05, 3.63) is 0 Å². The quantitative estimate of drug-likeness (QED) is 0.402. The number of aliphatic hydroxyl groups is 1. The van der Waals surface area contributed by atoms with E-state index in [1.807, 2.05) is 13.8 Å². The van der Waals surface area contributed by atoms with Gasteiger partial charge in [0.05, 0.1) is 31.0 Å². The topological polar surface area (TPSA) is 87.6 Å². The third-order valence-electron chi connectivity index (χ3n) is 5.01. The number of nitrogens with zero attached hydrogens (tertiary/aromatic N) is 2. The zero-order valence-electron chi connectivity index (χ0n) is 16.6. The third-order valence-corrected chi connectivity index (χ3v) is 5.01. The number of nitrogens with one attached hydrogen (secondary N) is 2. The van der Waals surface area contributed by atoms with Crippen LogP contribution in [0.1, 0.15) is 26.7 Å². The zero-order chi connectivity index (χ0) is 18.9. The molecule has 152 valence electrons. The van der Waals surface area contributed by atoms with Gasteiger partial charge in [-0.15, -0.1) is 0 Å². The molecule has 0 saturated carbocycles. The van der Waals surface area contributed by atoms with E-state index < -0.39 is 5.60 Å². The molecule has 0 aromatic heterocycles. The van der Waals surface area contributed by atoms with Crippen molar-refractivity contribution in [1.29, 1.82) is 0 Å². The molecule has 8 heteroatoms. The zero-order valence-corrected chi connectivity index (χ0v) is 16.6. The lowest BCUT2D eigenvalue weighted by atomic mass is 9.94. The molecule has 0 bridgehead atoms. The predicted octanol–water partition coefficient (Wildman–Crippen LogP) is -0.180. The summed E-state index contributed by atoms with van der Waals surface area (Å²) in [6, 6.07) is 0. The molecule has 0 spiro atoms. The van der Waals surface area contributed by atoms with E-state index in [1.54, 1.807) is 7.11 Å². The lowest BCUT2D eigenvalue weighted by molar-refractivity contribution is -0.0855. The number of rotatable bonds is 8. The molecule has 1 unspecified atom stereocenters. The molecule has 26 heavy (non-hydrogen) atoms. The Balaban J connectivity index is 1.87. The van der Waals surface area contributed by atoms with Gasteiger partial charge in [-0.05, 0) is 13.8 Å². The summed E-state index contributed by atoms with van der Waals surface area (Å²) in [4.78, 5) is 6.82. The second-order valence-corrected chi connectivity index (χ2v) is 7.43. The summed E-state index contributed by atoms with van der Waals surface area (Å²) in [6.07, 6.45) is 1.73. The van der Waals surface area contributed by atoms with Crippen LogP contribution >= 0.6 is 0 Å². The van der Waals surface area contributed by atoms with Gasteiger partial charge >= 0.3 is 0 Å². The fourth-order valence-electron chi connectivity index (χ4n) is 3.32. The third kappa shape index (κ3) is 7.00. The van der Waals surface area contributed by atoms with Crippen LogP contribution in [0.3, 0.4) is 0 Å². The maximum Gasteiger partial charge on any atom is 0.191 e. The van der Waals surface area contributed by atoms with E-state index in [1.165, 1.54) is 0 Å². The minimum atomic E-state index is -0.878. The van der Waals surface area contributed by atoms with Gasteiger partial charge in [0.15, 0.2) is 5.96 Å². The van der Waals surface area contributed by atoms with Crippen LogP contribution in [0.5, 0.6) is 0 Å². The van der Waals surface area contributed by atoms with Gasteiger partial charge in [-0.25, -0.2) is 0 Å². The van der Waals surface area contributed by atoms with E-state index in [2.05, 4.69) is 20.5 Å². The molecule has 0 amide bonds. The standard InChI is InChI=1S/C18H36N4O4/c1-4-19-16(21-14-18(24-3)5-9-25-10-6-18)20-13-17(2,23)15-22-7-11-26-12-8-22/h23H,4-15H2,1-3H3,(H2,19,20,21). The van der Waals surface area contributed by atoms with Gasteiger partial charge in [0.1, 0.15) is 0 Å². The molecule has 3 N–H and O–H groups in total. The lowest BCUT2D eigenvalue weighted by Crippen LogP contribution is -2.51. The van der Waals surface area contributed by atoms with Crippen LogP contribution in [-0.4, -0.2) is 100.0 Å². The van der Waals surface area contributed by atoms with E-state index in [0.717, 1.165) is 58.9 Å². The molecule has 1 atom stereocenters. The molecule has 0 aliphatic carbocycles. The second kappa shape index (κ2) is 10.4. The average Bonchev–Trinajstić information content (AvgIpc) is 2.65. The SMILES string of the molecule is CCNC(=NCC(C)(O)CN1CCOCC1)NCC1(OC)CCOCC1. The monoisotopic (exact) mass is 372 g/mol. The van der Waals surface area contributed by atoms with Crippen LogP contribution in [0.25, 0.3) is 0 Å². The first kappa shape index (κ1) is 21.4. The maximum atomic E-state index is 10.7. The van der Waals surface area contributed by atoms with E-state index in [4.69, 9.17) is 14.2 Å². The van der Waals surface area contributed by atoms with Crippen LogP contribution < -0.4 is 10.6 Å².